The molecule has 0 atom stereocenters. The van der Waals surface area contributed by atoms with E-state index in [4.69, 9.17) is 4.74 Å². The zero-order valence-corrected chi connectivity index (χ0v) is 6.99. The lowest BCUT2D eigenvalue weighted by molar-refractivity contribution is -0.385. The number of nitrogens with zero attached hydrogens (tertiary/aromatic N) is 1. The van der Waals surface area contributed by atoms with Gasteiger partial charge < -0.3 is 4.74 Å². The lowest BCUT2D eigenvalue weighted by atomic mass is 10.2. The van der Waals surface area contributed by atoms with Crippen LogP contribution in [0.4, 0.5) is 10.1 Å². The van der Waals surface area contributed by atoms with E-state index in [1.165, 1.54) is 25.3 Å². The van der Waals surface area contributed by atoms with Crippen LogP contribution in [-0.2, 0) is 6.67 Å². The first-order valence-electron chi connectivity index (χ1n) is 3.55. The molecule has 0 saturated carbocycles. The quantitative estimate of drug-likeness (QED) is 0.535. The number of rotatable bonds is 3. The van der Waals surface area contributed by atoms with Crippen LogP contribution in [0.25, 0.3) is 0 Å². The molecule has 4 nitrogen and oxygen atoms in total. The number of hydrogen-bond donors (Lipinski definition) is 0. The number of hydrogen-bond acceptors (Lipinski definition) is 3. The van der Waals surface area contributed by atoms with Crippen LogP contribution in [0.15, 0.2) is 18.2 Å². The smallest absolute Gasteiger partial charge is 0.273 e. The molecule has 0 bridgehead atoms. The number of nitro groups is 1. The number of halogens is 1. The summed E-state index contributed by atoms with van der Waals surface area (Å²) in [5.74, 6) is 0.293. The second-order valence-corrected chi connectivity index (χ2v) is 2.43. The van der Waals surface area contributed by atoms with Gasteiger partial charge in [0.1, 0.15) is 12.4 Å². The van der Waals surface area contributed by atoms with E-state index in [1.54, 1.807) is 0 Å². The van der Waals surface area contributed by atoms with Gasteiger partial charge in [0.05, 0.1) is 18.1 Å². The molecule has 0 fully saturated rings. The van der Waals surface area contributed by atoms with E-state index in [1.807, 2.05) is 0 Å². The molecule has 0 aliphatic carbocycles. The van der Waals surface area contributed by atoms with Crippen LogP contribution in [0.3, 0.4) is 0 Å². The summed E-state index contributed by atoms with van der Waals surface area (Å²) < 4.78 is 17.0. The highest BCUT2D eigenvalue weighted by Gasteiger charge is 2.09. The fraction of sp³-hybridized carbons (Fsp3) is 0.250. The maximum atomic E-state index is 12.2. The van der Waals surface area contributed by atoms with Gasteiger partial charge in [0, 0.05) is 6.07 Å². The van der Waals surface area contributed by atoms with Crippen molar-refractivity contribution in [2.45, 2.75) is 6.67 Å². The van der Waals surface area contributed by atoms with Crippen LogP contribution >= 0.6 is 0 Å². The Morgan fingerprint density at radius 2 is 2.23 bits per heavy atom. The van der Waals surface area contributed by atoms with Crippen LogP contribution in [0.5, 0.6) is 5.75 Å². The molecule has 1 rings (SSSR count). The van der Waals surface area contributed by atoms with Crippen molar-refractivity contribution in [1.29, 1.82) is 0 Å². The summed E-state index contributed by atoms with van der Waals surface area (Å²) in [6.45, 7) is -0.738. The van der Waals surface area contributed by atoms with Crippen LogP contribution in [0.2, 0.25) is 0 Å². The highest BCUT2D eigenvalue weighted by Crippen LogP contribution is 2.22. The van der Waals surface area contributed by atoms with E-state index in [9.17, 15) is 14.5 Å². The van der Waals surface area contributed by atoms with Crippen molar-refractivity contribution >= 4 is 5.69 Å². The predicted octanol–water partition coefficient (Wildman–Crippen LogP) is 2.07. The zero-order valence-electron chi connectivity index (χ0n) is 6.99. The third-order valence-corrected chi connectivity index (χ3v) is 1.55. The van der Waals surface area contributed by atoms with Crippen LogP contribution in [0.1, 0.15) is 5.56 Å². The van der Waals surface area contributed by atoms with Crippen molar-refractivity contribution in [2.24, 2.45) is 0 Å². The van der Waals surface area contributed by atoms with E-state index in [0.29, 0.717) is 5.75 Å². The lowest BCUT2D eigenvalue weighted by Gasteiger charge is -2.01. The monoisotopic (exact) mass is 185 g/mol. The minimum absolute atomic E-state index is 0.160. The maximum absolute atomic E-state index is 12.2. The van der Waals surface area contributed by atoms with Gasteiger partial charge in [-0.25, -0.2) is 4.39 Å². The molecule has 0 radical (unpaired) electrons. The Morgan fingerprint density at radius 3 is 2.69 bits per heavy atom. The van der Waals surface area contributed by atoms with Gasteiger partial charge in [-0.3, -0.25) is 10.1 Å². The fourth-order valence-electron chi connectivity index (χ4n) is 0.944. The summed E-state index contributed by atoms with van der Waals surface area (Å²) in [7, 11) is 1.38. The Kier molecular flexibility index (Phi) is 2.79. The third-order valence-electron chi connectivity index (χ3n) is 1.55. The molecular weight excluding hydrogens is 177 g/mol. The molecule has 0 unspecified atom stereocenters. The third kappa shape index (κ3) is 2.14. The van der Waals surface area contributed by atoms with Gasteiger partial charge in [0.25, 0.3) is 5.69 Å². The Bertz CT molecular complexity index is 305. The first-order valence-corrected chi connectivity index (χ1v) is 3.55. The molecule has 5 heteroatoms. The normalized spacial score (nSPS) is 9.69. The molecule has 0 aromatic heterocycles. The maximum Gasteiger partial charge on any atom is 0.273 e. The number of non-ortho nitro benzene ring substituents is 1. The zero-order chi connectivity index (χ0) is 9.84. The molecule has 0 amide bonds. The fourth-order valence-corrected chi connectivity index (χ4v) is 0.944. The first kappa shape index (κ1) is 9.44. The van der Waals surface area contributed by atoms with Crippen molar-refractivity contribution < 1.29 is 14.1 Å². The molecule has 0 aliphatic rings. The van der Waals surface area contributed by atoms with Gasteiger partial charge in [-0.15, -0.1) is 0 Å². The van der Waals surface area contributed by atoms with Gasteiger partial charge in [-0.2, -0.15) is 0 Å². The number of nitro benzene ring substituents is 1. The number of alkyl halides is 1. The topological polar surface area (TPSA) is 52.4 Å². The summed E-state index contributed by atoms with van der Waals surface area (Å²) in [6, 6.07) is 3.86. The first-order chi connectivity index (χ1) is 6.17. The average molecular weight is 185 g/mol. The molecule has 0 spiro atoms. The van der Waals surface area contributed by atoms with Crippen molar-refractivity contribution in [3.63, 3.8) is 0 Å². The second kappa shape index (κ2) is 3.84. The SMILES string of the molecule is COc1cc(CF)cc([N+](=O)[O-])c1. The van der Waals surface area contributed by atoms with Crippen molar-refractivity contribution in [2.75, 3.05) is 7.11 Å². The van der Waals surface area contributed by atoms with Crippen LogP contribution in [-0.4, -0.2) is 12.0 Å². The van der Waals surface area contributed by atoms with Gasteiger partial charge >= 0.3 is 0 Å². The van der Waals surface area contributed by atoms with Crippen molar-refractivity contribution in [3.05, 3.63) is 33.9 Å². The predicted molar refractivity (Wildman–Crippen MR) is 44.5 cm³/mol. The van der Waals surface area contributed by atoms with Crippen LogP contribution in [0, 0.1) is 10.1 Å². The van der Waals surface area contributed by atoms with Gasteiger partial charge in [0.2, 0.25) is 0 Å². The van der Waals surface area contributed by atoms with Gasteiger partial charge in [-0.1, -0.05) is 0 Å². The Labute approximate surface area is 74.1 Å². The van der Waals surface area contributed by atoms with Crippen molar-refractivity contribution in [1.82, 2.24) is 0 Å². The van der Waals surface area contributed by atoms with E-state index >= 15 is 0 Å². The molecule has 1 aromatic rings. The molecule has 0 saturated heterocycles. The number of methoxy groups -OCH3 is 1. The minimum atomic E-state index is -0.738. The van der Waals surface area contributed by atoms with Gasteiger partial charge in [0.15, 0.2) is 0 Å². The molecule has 13 heavy (non-hydrogen) atoms. The highest BCUT2D eigenvalue weighted by atomic mass is 19.1. The van der Waals surface area contributed by atoms with Crippen LogP contribution < -0.4 is 4.74 Å². The Hall–Kier alpha value is -1.65. The number of ether oxygens (including phenoxy) is 1. The lowest BCUT2D eigenvalue weighted by Crippen LogP contribution is -1.92. The van der Waals surface area contributed by atoms with E-state index in [-0.39, 0.29) is 11.3 Å². The molecule has 1 aromatic carbocycles. The van der Waals surface area contributed by atoms with E-state index in [0.717, 1.165) is 0 Å². The summed E-state index contributed by atoms with van der Waals surface area (Å²) >= 11 is 0. The van der Waals surface area contributed by atoms with Crippen molar-refractivity contribution in [3.8, 4) is 5.75 Å². The molecular formula is C8H8FNO3. The standard InChI is InChI=1S/C8H8FNO3/c1-13-8-3-6(5-9)2-7(4-8)10(11)12/h2-4H,5H2,1H3. The molecule has 0 heterocycles. The van der Waals surface area contributed by atoms with E-state index < -0.39 is 11.6 Å². The summed E-state index contributed by atoms with van der Waals surface area (Å²) in [6.07, 6.45) is 0. The highest BCUT2D eigenvalue weighted by molar-refractivity contribution is 5.42. The van der Waals surface area contributed by atoms with E-state index in [2.05, 4.69) is 0 Å². The molecule has 70 valence electrons. The van der Waals surface area contributed by atoms with Gasteiger partial charge in [-0.05, 0) is 11.6 Å². The summed E-state index contributed by atoms with van der Waals surface area (Å²) in [5, 5.41) is 10.4. The number of benzene rings is 1. The average Bonchev–Trinajstić information content (AvgIpc) is 2.16. The Morgan fingerprint density at radius 1 is 1.54 bits per heavy atom. The summed E-state index contributed by atoms with van der Waals surface area (Å²) in [5.41, 5.74) is 0.0815. The molecule has 0 aliphatic heterocycles. The largest absolute Gasteiger partial charge is 0.496 e. The minimum Gasteiger partial charge on any atom is -0.496 e. The second-order valence-electron chi connectivity index (χ2n) is 2.43. The summed E-state index contributed by atoms with van der Waals surface area (Å²) in [4.78, 5) is 9.78. The Balaban J connectivity index is 3.14. The molecule has 0 N–H and O–H groups in total.